The summed E-state index contributed by atoms with van der Waals surface area (Å²) in [6, 6.07) is 13.9. The maximum absolute atomic E-state index is 11.9. The minimum atomic E-state index is -3.48. The van der Waals surface area contributed by atoms with Gasteiger partial charge in [0.05, 0.1) is 4.90 Å². The number of aryl methyl sites for hydroxylation is 1. The van der Waals surface area contributed by atoms with Gasteiger partial charge in [-0.15, -0.1) is 0 Å². The van der Waals surface area contributed by atoms with Crippen molar-refractivity contribution in [2.45, 2.75) is 24.3 Å². The lowest BCUT2D eigenvalue weighted by Crippen LogP contribution is -2.23. The van der Waals surface area contributed by atoms with Gasteiger partial charge in [0.1, 0.15) is 0 Å². The number of carbonyl (C=O) groups excluding carboxylic acids is 1. The van der Waals surface area contributed by atoms with Crippen molar-refractivity contribution in [2.75, 3.05) is 7.05 Å². The molecule has 0 aliphatic heterocycles. The first-order valence-electron chi connectivity index (χ1n) is 7.44. The van der Waals surface area contributed by atoms with Gasteiger partial charge in [0, 0.05) is 18.0 Å². The average Bonchev–Trinajstić information content (AvgIpc) is 2.58. The van der Waals surface area contributed by atoms with E-state index >= 15 is 0 Å². The van der Waals surface area contributed by atoms with Crippen LogP contribution in [0.25, 0.3) is 0 Å². The summed E-state index contributed by atoms with van der Waals surface area (Å²) < 4.78 is 25.8. The van der Waals surface area contributed by atoms with Gasteiger partial charge in [0.25, 0.3) is 0 Å². The van der Waals surface area contributed by atoms with Crippen LogP contribution in [0.3, 0.4) is 0 Å². The summed E-state index contributed by atoms with van der Waals surface area (Å²) in [7, 11) is -2.12. The van der Waals surface area contributed by atoms with E-state index < -0.39 is 10.0 Å². The molecule has 24 heavy (non-hydrogen) atoms. The summed E-state index contributed by atoms with van der Waals surface area (Å²) in [5.41, 5.74) is 1.72. The monoisotopic (exact) mass is 366 g/mol. The van der Waals surface area contributed by atoms with Crippen molar-refractivity contribution in [1.29, 1.82) is 0 Å². The molecule has 7 heteroatoms. The first-order valence-corrected chi connectivity index (χ1v) is 9.30. The summed E-state index contributed by atoms with van der Waals surface area (Å²) in [6.45, 7) is 0.279. The molecule has 0 atom stereocenters. The Morgan fingerprint density at radius 2 is 1.79 bits per heavy atom. The Bertz CT molecular complexity index is 822. The summed E-state index contributed by atoms with van der Waals surface area (Å²) in [5.74, 6) is -0.100. The molecule has 128 valence electrons. The largest absolute Gasteiger partial charge is 0.352 e. The first-order chi connectivity index (χ1) is 11.4. The number of amides is 1. The number of benzene rings is 2. The number of rotatable bonds is 7. The molecule has 2 N–H and O–H groups in total. The summed E-state index contributed by atoms with van der Waals surface area (Å²) in [5, 5.41) is 3.44. The number of hydrogen-bond donors (Lipinski definition) is 2. The van der Waals surface area contributed by atoms with Gasteiger partial charge in [-0.3, -0.25) is 4.79 Å². The molecule has 0 aromatic heterocycles. The third kappa shape index (κ3) is 5.33. The SMILES string of the molecule is CNS(=O)(=O)c1cccc(CNC(=O)CCc2cccc(Cl)c2)c1. The van der Waals surface area contributed by atoms with Crippen LogP contribution in [0, 0.1) is 0 Å². The van der Waals surface area contributed by atoms with Crippen molar-refractivity contribution in [2.24, 2.45) is 0 Å². The molecule has 5 nitrogen and oxygen atoms in total. The average molecular weight is 367 g/mol. The Labute approximate surface area is 147 Å². The zero-order valence-corrected chi connectivity index (χ0v) is 14.8. The molecular weight excluding hydrogens is 348 g/mol. The summed E-state index contributed by atoms with van der Waals surface area (Å²) in [4.78, 5) is 12.1. The van der Waals surface area contributed by atoms with Crippen molar-refractivity contribution in [1.82, 2.24) is 10.0 Å². The van der Waals surface area contributed by atoms with Crippen LogP contribution in [-0.2, 0) is 27.8 Å². The zero-order chi connectivity index (χ0) is 17.6. The van der Waals surface area contributed by atoms with E-state index in [1.165, 1.54) is 13.1 Å². The molecule has 0 aliphatic rings. The quantitative estimate of drug-likeness (QED) is 0.790. The predicted molar refractivity (Wildman–Crippen MR) is 94.3 cm³/mol. The Balaban J connectivity index is 1.89. The highest BCUT2D eigenvalue weighted by Crippen LogP contribution is 2.13. The van der Waals surface area contributed by atoms with E-state index in [0.717, 1.165) is 11.1 Å². The second-order valence-corrected chi connectivity index (χ2v) is 7.58. The molecule has 0 bridgehead atoms. The van der Waals surface area contributed by atoms with E-state index in [2.05, 4.69) is 10.0 Å². The van der Waals surface area contributed by atoms with Gasteiger partial charge >= 0.3 is 0 Å². The number of sulfonamides is 1. The van der Waals surface area contributed by atoms with Crippen LogP contribution in [0.1, 0.15) is 17.5 Å². The van der Waals surface area contributed by atoms with E-state index in [0.29, 0.717) is 17.9 Å². The van der Waals surface area contributed by atoms with Crippen molar-refractivity contribution in [3.63, 3.8) is 0 Å². The Kier molecular flexibility index (Phi) is 6.36. The van der Waals surface area contributed by atoms with Crippen LogP contribution >= 0.6 is 11.6 Å². The lowest BCUT2D eigenvalue weighted by molar-refractivity contribution is -0.121. The Morgan fingerprint density at radius 1 is 1.08 bits per heavy atom. The highest BCUT2D eigenvalue weighted by atomic mass is 35.5. The normalized spacial score (nSPS) is 11.2. The van der Waals surface area contributed by atoms with Crippen LogP contribution in [0.15, 0.2) is 53.4 Å². The molecule has 0 saturated carbocycles. The van der Waals surface area contributed by atoms with E-state index in [1.807, 2.05) is 18.2 Å². The van der Waals surface area contributed by atoms with Crippen LogP contribution in [0.4, 0.5) is 0 Å². The van der Waals surface area contributed by atoms with E-state index in [9.17, 15) is 13.2 Å². The third-order valence-corrected chi connectivity index (χ3v) is 5.14. The van der Waals surface area contributed by atoms with Crippen LogP contribution in [0.5, 0.6) is 0 Å². The minimum Gasteiger partial charge on any atom is -0.352 e. The first kappa shape index (κ1) is 18.4. The predicted octanol–water partition coefficient (Wildman–Crippen LogP) is 2.50. The van der Waals surface area contributed by atoms with Crippen molar-refractivity contribution < 1.29 is 13.2 Å². The number of hydrogen-bond acceptors (Lipinski definition) is 3. The van der Waals surface area contributed by atoms with Gasteiger partial charge in [-0.1, -0.05) is 35.9 Å². The van der Waals surface area contributed by atoms with Crippen molar-refractivity contribution in [3.05, 3.63) is 64.7 Å². The van der Waals surface area contributed by atoms with E-state index in [-0.39, 0.29) is 17.3 Å². The van der Waals surface area contributed by atoms with Gasteiger partial charge < -0.3 is 5.32 Å². The fourth-order valence-electron chi connectivity index (χ4n) is 2.18. The fraction of sp³-hybridized carbons (Fsp3) is 0.235. The summed E-state index contributed by atoms with van der Waals surface area (Å²) >= 11 is 5.91. The van der Waals surface area contributed by atoms with Crippen LogP contribution < -0.4 is 10.0 Å². The smallest absolute Gasteiger partial charge is 0.240 e. The van der Waals surface area contributed by atoms with Gasteiger partial charge in [0.2, 0.25) is 15.9 Å². The second-order valence-electron chi connectivity index (χ2n) is 5.26. The van der Waals surface area contributed by atoms with Gasteiger partial charge in [0.15, 0.2) is 0 Å². The molecular formula is C17H19ClN2O3S. The molecule has 2 aromatic rings. The standard InChI is InChI=1S/C17H19ClN2O3S/c1-19-24(22,23)16-7-3-5-14(11-16)12-20-17(21)9-8-13-4-2-6-15(18)10-13/h2-7,10-11,19H,8-9,12H2,1H3,(H,20,21). The lowest BCUT2D eigenvalue weighted by atomic mass is 10.1. The van der Waals surface area contributed by atoms with E-state index in [4.69, 9.17) is 11.6 Å². The zero-order valence-electron chi connectivity index (χ0n) is 13.3. The van der Waals surface area contributed by atoms with E-state index in [1.54, 1.807) is 24.3 Å². The molecule has 0 fully saturated rings. The Morgan fingerprint density at radius 3 is 2.50 bits per heavy atom. The molecule has 2 aromatic carbocycles. The number of nitrogens with one attached hydrogen (secondary N) is 2. The topological polar surface area (TPSA) is 75.3 Å². The lowest BCUT2D eigenvalue weighted by Gasteiger charge is -2.08. The number of halogens is 1. The van der Waals surface area contributed by atoms with Gasteiger partial charge in [-0.05, 0) is 48.9 Å². The minimum absolute atomic E-state index is 0.100. The molecule has 0 unspecified atom stereocenters. The molecule has 0 heterocycles. The second kappa shape index (κ2) is 8.28. The molecule has 1 amide bonds. The highest BCUT2D eigenvalue weighted by molar-refractivity contribution is 7.89. The van der Waals surface area contributed by atoms with Gasteiger partial charge in [-0.25, -0.2) is 13.1 Å². The van der Waals surface area contributed by atoms with Crippen molar-refractivity contribution >= 4 is 27.5 Å². The molecule has 0 spiro atoms. The highest BCUT2D eigenvalue weighted by Gasteiger charge is 2.11. The maximum Gasteiger partial charge on any atom is 0.240 e. The Hall–Kier alpha value is -1.89. The van der Waals surface area contributed by atoms with Crippen molar-refractivity contribution in [3.8, 4) is 0 Å². The molecule has 0 radical (unpaired) electrons. The summed E-state index contributed by atoms with van der Waals surface area (Å²) in [6.07, 6.45) is 0.940. The molecule has 0 aliphatic carbocycles. The molecule has 2 rings (SSSR count). The fourth-order valence-corrected chi connectivity index (χ4v) is 3.19. The molecule has 0 saturated heterocycles. The number of carbonyl (C=O) groups is 1. The van der Waals surface area contributed by atoms with Gasteiger partial charge in [-0.2, -0.15) is 0 Å². The van der Waals surface area contributed by atoms with Crippen LogP contribution in [-0.4, -0.2) is 21.4 Å². The maximum atomic E-state index is 11.9. The van der Waals surface area contributed by atoms with Crippen LogP contribution in [0.2, 0.25) is 5.02 Å². The third-order valence-electron chi connectivity index (χ3n) is 3.50.